The summed E-state index contributed by atoms with van der Waals surface area (Å²) in [5.74, 6) is 0. The van der Waals surface area contributed by atoms with E-state index in [9.17, 15) is 0 Å². The minimum atomic E-state index is 1.00. The highest BCUT2D eigenvalue weighted by Crippen LogP contribution is 2.06. The molecule has 0 saturated heterocycles. The normalized spacial score (nSPS) is 10.6. The van der Waals surface area contributed by atoms with Gasteiger partial charge in [0.2, 0.25) is 0 Å². The molecule has 1 N–H and O–H groups in total. The molecular weight excluding hydrogens is 424 g/mol. The second kappa shape index (κ2) is 9.65. The molecule has 0 amide bonds. The van der Waals surface area contributed by atoms with E-state index in [0.717, 1.165) is 13.1 Å². The van der Waals surface area contributed by atoms with Gasteiger partial charge in [-0.3, -0.25) is 0 Å². The molecule has 0 aliphatic carbocycles. The number of hydrogen-bond donors (Lipinski definition) is 1. The van der Waals surface area contributed by atoms with Crippen LogP contribution < -0.4 is 5.32 Å². The second-order valence-electron chi connectivity index (χ2n) is 3.91. The van der Waals surface area contributed by atoms with Crippen LogP contribution in [0.2, 0.25) is 0 Å². The predicted octanol–water partition coefficient (Wildman–Crippen LogP) is 4.38. The minimum absolute atomic E-state index is 1.00. The van der Waals surface area contributed by atoms with Crippen LogP contribution >= 0.6 is 45.2 Å². The molecule has 1 nitrogen and oxygen atoms in total. The van der Waals surface area contributed by atoms with Crippen molar-refractivity contribution in [1.82, 2.24) is 5.32 Å². The average Bonchev–Trinajstić information content (AvgIpc) is 2.30. The van der Waals surface area contributed by atoms with Crippen LogP contribution in [-0.4, -0.2) is 11.0 Å². The molecule has 0 saturated carbocycles. The highest BCUT2D eigenvalue weighted by molar-refractivity contribution is 14.1. The van der Waals surface area contributed by atoms with Crippen molar-refractivity contribution in [3.63, 3.8) is 0 Å². The molecule has 1 aromatic carbocycles. The Bertz CT molecular complexity index is 272. The fourth-order valence-corrected chi connectivity index (χ4v) is 2.43. The molecule has 0 fully saturated rings. The van der Waals surface area contributed by atoms with Crippen LogP contribution in [0.15, 0.2) is 24.3 Å². The van der Waals surface area contributed by atoms with E-state index in [2.05, 4.69) is 74.8 Å². The van der Waals surface area contributed by atoms with Crippen LogP contribution in [0.5, 0.6) is 0 Å². The number of nitrogens with one attached hydrogen (secondary N) is 1. The number of halogens is 2. The number of benzene rings is 1. The first-order chi connectivity index (χ1) is 7.83. The third-order valence-electron chi connectivity index (χ3n) is 2.48. The van der Waals surface area contributed by atoms with Gasteiger partial charge in [-0.05, 0) is 64.1 Å². The lowest BCUT2D eigenvalue weighted by molar-refractivity contribution is 0.600. The topological polar surface area (TPSA) is 12.0 Å². The van der Waals surface area contributed by atoms with Crippen LogP contribution in [0.25, 0.3) is 0 Å². The third kappa shape index (κ3) is 7.06. The zero-order valence-electron chi connectivity index (χ0n) is 9.52. The average molecular weight is 443 g/mol. The molecule has 0 bridgehead atoms. The molecular formula is C13H19I2N. The maximum atomic E-state index is 3.49. The number of unbranched alkanes of at least 4 members (excludes halogenated alkanes) is 3. The highest BCUT2D eigenvalue weighted by atomic mass is 127. The fraction of sp³-hybridized carbons (Fsp3) is 0.538. The Morgan fingerprint density at radius 1 is 0.938 bits per heavy atom. The molecule has 0 unspecified atom stereocenters. The Morgan fingerprint density at radius 2 is 1.62 bits per heavy atom. The van der Waals surface area contributed by atoms with Gasteiger partial charge in [0.1, 0.15) is 0 Å². The minimum Gasteiger partial charge on any atom is -0.313 e. The lowest BCUT2D eigenvalue weighted by Crippen LogP contribution is -2.14. The van der Waals surface area contributed by atoms with Gasteiger partial charge >= 0.3 is 0 Å². The zero-order chi connectivity index (χ0) is 11.6. The summed E-state index contributed by atoms with van der Waals surface area (Å²) in [6.45, 7) is 2.15. The van der Waals surface area contributed by atoms with Crippen LogP contribution in [0, 0.1) is 3.57 Å². The Labute approximate surface area is 126 Å². The molecule has 0 aliphatic rings. The van der Waals surface area contributed by atoms with Crippen molar-refractivity contribution in [2.45, 2.75) is 32.2 Å². The summed E-state index contributed by atoms with van der Waals surface area (Å²) in [6, 6.07) is 8.73. The van der Waals surface area contributed by atoms with Crippen LogP contribution in [0.1, 0.15) is 31.2 Å². The summed E-state index contributed by atoms with van der Waals surface area (Å²) in [7, 11) is 0. The summed E-state index contributed by atoms with van der Waals surface area (Å²) in [6.07, 6.45) is 5.43. The van der Waals surface area contributed by atoms with Crippen molar-refractivity contribution in [3.05, 3.63) is 33.4 Å². The van der Waals surface area contributed by atoms with Crippen molar-refractivity contribution in [2.24, 2.45) is 0 Å². The Kier molecular flexibility index (Phi) is 8.86. The Morgan fingerprint density at radius 3 is 2.31 bits per heavy atom. The van der Waals surface area contributed by atoms with E-state index >= 15 is 0 Å². The molecule has 0 radical (unpaired) electrons. The molecule has 0 aliphatic heterocycles. The van der Waals surface area contributed by atoms with Gasteiger partial charge in [0.15, 0.2) is 0 Å². The van der Waals surface area contributed by atoms with Crippen LogP contribution in [0.4, 0.5) is 0 Å². The molecule has 16 heavy (non-hydrogen) atoms. The van der Waals surface area contributed by atoms with Crippen LogP contribution in [-0.2, 0) is 6.54 Å². The van der Waals surface area contributed by atoms with Crippen molar-refractivity contribution in [1.29, 1.82) is 0 Å². The first kappa shape index (κ1) is 14.7. The van der Waals surface area contributed by atoms with E-state index in [1.807, 2.05) is 0 Å². The first-order valence-corrected chi connectivity index (χ1v) is 8.44. The second-order valence-corrected chi connectivity index (χ2v) is 6.23. The number of rotatable bonds is 8. The lowest BCUT2D eigenvalue weighted by atomic mass is 10.2. The van der Waals surface area contributed by atoms with Gasteiger partial charge in [-0.1, -0.05) is 47.6 Å². The summed E-state index contributed by atoms with van der Waals surface area (Å²) in [4.78, 5) is 0. The number of alkyl halides is 1. The van der Waals surface area contributed by atoms with E-state index in [0.29, 0.717) is 0 Å². The van der Waals surface area contributed by atoms with Crippen molar-refractivity contribution >= 4 is 45.2 Å². The lowest BCUT2D eigenvalue weighted by Gasteiger charge is -2.04. The van der Waals surface area contributed by atoms with Gasteiger partial charge in [0.25, 0.3) is 0 Å². The molecule has 90 valence electrons. The van der Waals surface area contributed by atoms with Gasteiger partial charge in [-0.2, -0.15) is 0 Å². The predicted molar refractivity (Wildman–Crippen MR) is 88.2 cm³/mol. The monoisotopic (exact) mass is 443 g/mol. The van der Waals surface area contributed by atoms with E-state index in [1.165, 1.54) is 39.2 Å². The van der Waals surface area contributed by atoms with Gasteiger partial charge in [0.05, 0.1) is 0 Å². The first-order valence-electron chi connectivity index (χ1n) is 5.84. The summed E-state index contributed by atoms with van der Waals surface area (Å²) < 4.78 is 2.61. The maximum Gasteiger partial charge on any atom is 0.0205 e. The number of hydrogen-bond acceptors (Lipinski definition) is 1. The van der Waals surface area contributed by atoms with Gasteiger partial charge in [-0.25, -0.2) is 0 Å². The molecule has 1 aromatic rings. The Hall–Kier alpha value is 0.640. The van der Waals surface area contributed by atoms with Crippen molar-refractivity contribution in [3.8, 4) is 0 Å². The fourth-order valence-electron chi connectivity index (χ4n) is 1.53. The van der Waals surface area contributed by atoms with E-state index in [1.54, 1.807) is 0 Å². The molecule has 0 aromatic heterocycles. The standard InChI is InChI=1S/C13H19I2N/c14-9-3-1-2-4-10-16-11-12-5-7-13(15)8-6-12/h5-8,16H,1-4,9-11H2. The van der Waals surface area contributed by atoms with E-state index in [-0.39, 0.29) is 0 Å². The van der Waals surface area contributed by atoms with Gasteiger partial charge in [-0.15, -0.1) is 0 Å². The van der Waals surface area contributed by atoms with Gasteiger partial charge in [0, 0.05) is 10.1 Å². The summed E-state index contributed by atoms with van der Waals surface area (Å²) >= 11 is 4.79. The van der Waals surface area contributed by atoms with Crippen molar-refractivity contribution < 1.29 is 0 Å². The quantitative estimate of drug-likeness (QED) is 0.358. The van der Waals surface area contributed by atoms with E-state index < -0.39 is 0 Å². The highest BCUT2D eigenvalue weighted by Gasteiger charge is 1.93. The molecule has 3 heteroatoms. The molecule has 0 heterocycles. The van der Waals surface area contributed by atoms with Gasteiger partial charge < -0.3 is 5.32 Å². The molecule has 1 rings (SSSR count). The molecule has 0 spiro atoms. The smallest absolute Gasteiger partial charge is 0.0205 e. The third-order valence-corrected chi connectivity index (χ3v) is 3.96. The summed E-state index contributed by atoms with van der Waals surface area (Å²) in [5, 5.41) is 3.49. The largest absolute Gasteiger partial charge is 0.313 e. The van der Waals surface area contributed by atoms with Crippen molar-refractivity contribution in [2.75, 3.05) is 11.0 Å². The molecule has 0 atom stereocenters. The zero-order valence-corrected chi connectivity index (χ0v) is 13.8. The van der Waals surface area contributed by atoms with Crippen LogP contribution in [0.3, 0.4) is 0 Å². The maximum absolute atomic E-state index is 3.49. The van der Waals surface area contributed by atoms with E-state index in [4.69, 9.17) is 0 Å². The SMILES string of the molecule is ICCCCCCNCc1ccc(I)cc1. The summed E-state index contributed by atoms with van der Waals surface area (Å²) in [5.41, 5.74) is 1.38. The Balaban J connectivity index is 2.01.